The molecule has 0 bridgehead atoms. The summed E-state index contributed by atoms with van der Waals surface area (Å²) in [4.78, 5) is 11.4. The van der Waals surface area contributed by atoms with Gasteiger partial charge in [-0.05, 0) is 25.8 Å². The molecule has 1 aromatic rings. The van der Waals surface area contributed by atoms with Gasteiger partial charge in [-0.3, -0.25) is 4.79 Å². The van der Waals surface area contributed by atoms with Crippen LogP contribution in [0.3, 0.4) is 0 Å². The van der Waals surface area contributed by atoms with Gasteiger partial charge < -0.3 is 4.74 Å². The summed E-state index contributed by atoms with van der Waals surface area (Å²) in [5.41, 5.74) is 0.127. The highest BCUT2D eigenvalue weighted by atomic mass is 16.6. The van der Waals surface area contributed by atoms with Gasteiger partial charge in [0.05, 0.1) is 0 Å². The van der Waals surface area contributed by atoms with E-state index >= 15 is 0 Å². The predicted octanol–water partition coefficient (Wildman–Crippen LogP) is 3.08. The van der Waals surface area contributed by atoms with Gasteiger partial charge >= 0.3 is 5.97 Å². The largest absolute Gasteiger partial charge is 0.454 e. The number of esters is 1. The molecule has 0 aliphatic carbocycles. The Morgan fingerprint density at radius 3 is 2.53 bits per heavy atom. The molecular formula is C13H17O2. The number of rotatable bonds is 4. The van der Waals surface area contributed by atoms with E-state index in [9.17, 15) is 4.79 Å². The van der Waals surface area contributed by atoms with Crippen LogP contribution in [0, 0.1) is 6.92 Å². The maximum Gasteiger partial charge on any atom is 0.306 e. The number of carbonyl (C=O) groups excluding carboxylic acids is 1. The van der Waals surface area contributed by atoms with E-state index in [1.807, 2.05) is 37.3 Å². The first kappa shape index (κ1) is 11.8. The van der Waals surface area contributed by atoms with E-state index in [4.69, 9.17) is 4.74 Å². The molecule has 2 heteroatoms. The third-order valence-corrected chi connectivity index (χ3v) is 2.18. The third kappa shape index (κ3) is 3.39. The van der Waals surface area contributed by atoms with Crippen molar-refractivity contribution < 1.29 is 9.53 Å². The summed E-state index contributed by atoms with van der Waals surface area (Å²) < 4.78 is 5.31. The van der Waals surface area contributed by atoms with Gasteiger partial charge in [0.25, 0.3) is 0 Å². The molecule has 0 spiro atoms. The molecule has 0 aliphatic heterocycles. The molecule has 0 saturated heterocycles. The Balaban J connectivity index is 2.71. The second-order valence-electron chi connectivity index (χ2n) is 3.82. The molecule has 0 amide bonds. The Labute approximate surface area is 91.3 Å². The molecule has 1 unspecified atom stereocenters. The normalized spacial score (nSPS) is 11.1. The average molecular weight is 205 g/mol. The summed E-state index contributed by atoms with van der Waals surface area (Å²) >= 11 is 0. The van der Waals surface area contributed by atoms with Gasteiger partial charge in [0.2, 0.25) is 0 Å². The molecular weight excluding hydrogens is 188 g/mol. The van der Waals surface area contributed by atoms with Crippen LogP contribution >= 0.6 is 0 Å². The van der Waals surface area contributed by atoms with Gasteiger partial charge in [-0.15, -0.1) is 0 Å². The van der Waals surface area contributed by atoms with E-state index in [1.54, 1.807) is 6.92 Å². The van der Waals surface area contributed by atoms with Crippen LogP contribution in [0.5, 0.6) is 0 Å². The van der Waals surface area contributed by atoms with E-state index in [0.29, 0.717) is 6.42 Å². The Kier molecular flexibility index (Phi) is 3.89. The predicted molar refractivity (Wildman–Crippen MR) is 60.2 cm³/mol. The summed E-state index contributed by atoms with van der Waals surface area (Å²) in [6.07, 6.45) is 1.24. The van der Waals surface area contributed by atoms with Gasteiger partial charge in [0.1, 0.15) is 5.60 Å². The van der Waals surface area contributed by atoms with Crippen molar-refractivity contribution in [3.05, 3.63) is 42.8 Å². The summed E-state index contributed by atoms with van der Waals surface area (Å²) in [5, 5.41) is 0. The lowest BCUT2D eigenvalue weighted by molar-refractivity contribution is -0.155. The molecule has 0 N–H and O–H groups in total. The fraction of sp³-hybridized carbons (Fsp3) is 0.385. The number of hydrogen-bond donors (Lipinski definition) is 0. The maximum atomic E-state index is 11.4. The molecule has 1 atom stereocenters. The Morgan fingerprint density at radius 1 is 1.40 bits per heavy atom. The zero-order valence-corrected chi connectivity index (χ0v) is 9.32. The lowest BCUT2D eigenvalue weighted by Gasteiger charge is -2.25. The Morgan fingerprint density at radius 2 is 2.00 bits per heavy atom. The van der Waals surface area contributed by atoms with Crippen molar-refractivity contribution in [1.82, 2.24) is 0 Å². The van der Waals surface area contributed by atoms with E-state index in [1.165, 1.54) is 0 Å². The first-order chi connectivity index (χ1) is 7.06. The molecule has 0 aliphatic rings. The molecule has 0 saturated carbocycles. The van der Waals surface area contributed by atoms with Gasteiger partial charge in [-0.25, -0.2) is 0 Å². The van der Waals surface area contributed by atoms with Crippen molar-refractivity contribution in [2.45, 2.75) is 32.3 Å². The van der Waals surface area contributed by atoms with E-state index < -0.39 is 5.60 Å². The monoisotopic (exact) mass is 205 g/mol. The lowest BCUT2D eigenvalue weighted by Crippen LogP contribution is -2.25. The molecule has 15 heavy (non-hydrogen) atoms. The van der Waals surface area contributed by atoms with Crippen LogP contribution in [-0.2, 0) is 15.1 Å². The molecule has 0 aromatic heterocycles. The minimum absolute atomic E-state index is 0.196. The van der Waals surface area contributed by atoms with Crippen molar-refractivity contribution in [2.75, 3.05) is 0 Å². The van der Waals surface area contributed by atoms with Gasteiger partial charge in [-0.2, -0.15) is 0 Å². The fourth-order valence-electron chi connectivity index (χ4n) is 1.36. The number of carbonyl (C=O) groups is 1. The van der Waals surface area contributed by atoms with Crippen LogP contribution in [0.4, 0.5) is 0 Å². The standard InChI is InChI=1S/C13H17O2/c1-4-8-12(14)15-13(2,3)11-9-6-5-7-10-11/h5-7,9-10H,2,4,8H2,1,3H3. The quantitative estimate of drug-likeness (QED) is 0.706. The third-order valence-electron chi connectivity index (χ3n) is 2.18. The summed E-state index contributed by atoms with van der Waals surface area (Å²) in [6.45, 7) is 7.67. The first-order valence-electron chi connectivity index (χ1n) is 5.19. The van der Waals surface area contributed by atoms with Crippen LogP contribution in [0.1, 0.15) is 32.3 Å². The lowest BCUT2D eigenvalue weighted by atomic mass is 9.98. The van der Waals surface area contributed by atoms with Crippen LogP contribution in [-0.4, -0.2) is 5.97 Å². The molecule has 1 aromatic carbocycles. The SMILES string of the molecule is [CH2]C(C)(OC(=O)CCC)c1ccccc1. The molecule has 2 nitrogen and oxygen atoms in total. The minimum atomic E-state index is -0.784. The molecule has 0 heterocycles. The first-order valence-corrected chi connectivity index (χ1v) is 5.19. The zero-order chi connectivity index (χ0) is 11.3. The zero-order valence-electron chi connectivity index (χ0n) is 9.32. The highest BCUT2D eigenvalue weighted by Crippen LogP contribution is 2.24. The summed E-state index contributed by atoms with van der Waals surface area (Å²) in [6, 6.07) is 9.56. The second kappa shape index (κ2) is 4.96. The van der Waals surface area contributed by atoms with Crippen LogP contribution in [0.25, 0.3) is 0 Å². The van der Waals surface area contributed by atoms with Crippen LogP contribution < -0.4 is 0 Å². The van der Waals surface area contributed by atoms with E-state index in [2.05, 4.69) is 6.92 Å². The van der Waals surface area contributed by atoms with E-state index in [0.717, 1.165) is 12.0 Å². The average Bonchev–Trinajstić information content (AvgIpc) is 2.18. The number of benzene rings is 1. The second-order valence-corrected chi connectivity index (χ2v) is 3.82. The molecule has 1 rings (SSSR count). The minimum Gasteiger partial charge on any atom is -0.454 e. The summed E-state index contributed by atoms with van der Waals surface area (Å²) in [5.74, 6) is -0.196. The number of ether oxygens (including phenoxy) is 1. The van der Waals surface area contributed by atoms with Crippen molar-refractivity contribution in [3.8, 4) is 0 Å². The molecule has 81 valence electrons. The van der Waals surface area contributed by atoms with Crippen LogP contribution in [0.15, 0.2) is 30.3 Å². The van der Waals surface area contributed by atoms with Crippen LogP contribution in [0.2, 0.25) is 0 Å². The fourth-order valence-corrected chi connectivity index (χ4v) is 1.36. The smallest absolute Gasteiger partial charge is 0.306 e. The van der Waals surface area contributed by atoms with Crippen molar-refractivity contribution in [1.29, 1.82) is 0 Å². The van der Waals surface area contributed by atoms with Gasteiger partial charge in [-0.1, -0.05) is 37.3 Å². The molecule has 0 fully saturated rings. The highest BCUT2D eigenvalue weighted by Gasteiger charge is 2.24. The summed E-state index contributed by atoms with van der Waals surface area (Å²) in [7, 11) is 0. The number of hydrogen-bond acceptors (Lipinski definition) is 2. The van der Waals surface area contributed by atoms with Crippen molar-refractivity contribution in [3.63, 3.8) is 0 Å². The van der Waals surface area contributed by atoms with Crippen molar-refractivity contribution in [2.24, 2.45) is 0 Å². The Hall–Kier alpha value is -1.31. The topological polar surface area (TPSA) is 26.3 Å². The Bertz CT molecular complexity index is 315. The van der Waals surface area contributed by atoms with E-state index in [-0.39, 0.29) is 5.97 Å². The van der Waals surface area contributed by atoms with Gasteiger partial charge in [0.15, 0.2) is 0 Å². The molecule has 1 radical (unpaired) electrons. The van der Waals surface area contributed by atoms with Crippen molar-refractivity contribution >= 4 is 5.97 Å². The maximum absolute atomic E-state index is 11.4. The highest BCUT2D eigenvalue weighted by molar-refractivity contribution is 5.70. The van der Waals surface area contributed by atoms with Gasteiger partial charge in [0, 0.05) is 6.42 Å².